The summed E-state index contributed by atoms with van der Waals surface area (Å²) >= 11 is 0. The lowest BCUT2D eigenvalue weighted by Crippen LogP contribution is -2.49. The molecule has 5 nitrogen and oxygen atoms in total. The normalized spacial score (nSPS) is 37.2. The number of amides is 1. The maximum Gasteiger partial charge on any atom is 0.231 e. The molecule has 2 saturated heterocycles. The van der Waals surface area contributed by atoms with Gasteiger partial charge in [0.15, 0.2) is 5.78 Å². The predicted octanol–water partition coefficient (Wildman–Crippen LogP) is 1.11. The van der Waals surface area contributed by atoms with Gasteiger partial charge in [0.2, 0.25) is 11.7 Å². The van der Waals surface area contributed by atoms with Gasteiger partial charge >= 0.3 is 0 Å². The first-order valence-corrected chi connectivity index (χ1v) is 7.05. The number of hydrogen-bond acceptors (Lipinski definition) is 4. The molecule has 1 amide bonds. The van der Waals surface area contributed by atoms with Crippen LogP contribution in [0.5, 0.6) is 0 Å². The van der Waals surface area contributed by atoms with Gasteiger partial charge in [-0.3, -0.25) is 9.59 Å². The molecule has 0 radical (unpaired) electrons. The third-order valence-corrected chi connectivity index (χ3v) is 5.25. The Morgan fingerprint density at radius 3 is 2.63 bits per heavy atom. The SMILES string of the molecule is COC1(OC)C[C@]23CCCN2C(=O)CCC[C@@H]3C1=O. The Hall–Kier alpha value is -0.940. The molecule has 1 saturated carbocycles. The van der Waals surface area contributed by atoms with Crippen molar-refractivity contribution >= 4 is 11.7 Å². The van der Waals surface area contributed by atoms with E-state index in [0.29, 0.717) is 12.8 Å². The molecule has 19 heavy (non-hydrogen) atoms. The summed E-state index contributed by atoms with van der Waals surface area (Å²) in [6.45, 7) is 0.770. The standard InChI is InChI=1S/C14H21NO4/c1-18-14(19-2)9-13-7-4-8-15(13)11(16)6-3-5-10(13)12(14)17/h10H,3-9H2,1-2H3/t10-,13+/m1/s1. The average molecular weight is 267 g/mol. The van der Waals surface area contributed by atoms with Crippen LogP contribution in [-0.4, -0.2) is 48.7 Å². The van der Waals surface area contributed by atoms with Crippen LogP contribution in [0.15, 0.2) is 0 Å². The lowest BCUT2D eigenvalue weighted by atomic mass is 9.82. The van der Waals surface area contributed by atoms with Crippen molar-refractivity contribution < 1.29 is 19.1 Å². The van der Waals surface area contributed by atoms with Crippen LogP contribution in [0, 0.1) is 5.92 Å². The summed E-state index contributed by atoms with van der Waals surface area (Å²) in [6.07, 6.45) is 4.48. The van der Waals surface area contributed by atoms with Gasteiger partial charge in [-0.1, -0.05) is 0 Å². The molecular weight excluding hydrogens is 246 g/mol. The van der Waals surface area contributed by atoms with Crippen LogP contribution >= 0.6 is 0 Å². The van der Waals surface area contributed by atoms with E-state index in [9.17, 15) is 9.59 Å². The number of ketones is 1. The second kappa shape index (κ2) is 4.28. The summed E-state index contributed by atoms with van der Waals surface area (Å²) < 4.78 is 10.8. The Bertz CT molecular complexity index is 418. The highest BCUT2D eigenvalue weighted by molar-refractivity contribution is 5.94. The highest BCUT2D eigenvalue weighted by Gasteiger charge is 2.66. The van der Waals surface area contributed by atoms with Crippen molar-refractivity contribution in [3.8, 4) is 0 Å². The van der Waals surface area contributed by atoms with Crippen LogP contribution in [0.3, 0.4) is 0 Å². The molecule has 1 spiro atoms. The molecule has 2 aliphatic heterocycles. The van der Waals surface area contributed by atoms with E-state index in [1.54, 1.807) is 0 Å². The van der Waals surface area contributed by atoms with Crippen LogP contribution in [0.2, 0.25) is 0 Å². The van der Waals surface area contributed by atoms with Crippen molar-refractivity contribution in [3.05, 3.63) is 0 Å². The summed E-state index contributed by atoms with van der Waals surface area (Å²) in [5.41, 5.74) is -0.351. The van der Waals surface area contributed by atoms with Crippen LogP contribution in [0.4, 0.5) is 0 Å². The van der Waals surface area contributed by atoms with Gasteiger partial charge < -0.3 is 14.4 Å². The first-order chi connectivity index (χ1) is 9.09. The number of Topliss-reactive ketones (excluding diaryl/α,β-unsaturated/α-hetero) is 1. The Morgan fingerprint density at radius 1 is 1.21 bits per heavy atom. The fraction of sp³-hybridized carbons (Fsp3) is 0.857. The molecule has 0 aromatic rings. The zero-order valence-corrected chi connectivity index (χ0v) is 11.6. The summed E-state index contributed by atoms with van der Waals surface area (Å²) in [6, 6.07) is 0. The van der Waals surface area contributed by atoms with Gasteiger partial charge in [0.05, 0.1) is 5.54 Å². The van der Waals surface area contributed by atoms with E-state index in [4.69, 9.17) is 9.47 Å². The van der Waals surface area contributed by atoms with Crippen molar-refractivity contribution in [3.63, 3.8) is 0 Å². The molecule has 0 N–H and O–H groups in total. The molecule has 0 unspecified atom stereocenters. The molecule has 0 aromatic heterocycles. The predicted molar refractivity (Wildman–Crippen MR) is 67.4 cm³/mol. The minimum atomic E-state index is -1.15. The van der Waals surface area contributed by atoms with E-state index in [1.807, 2.05) is 4.90 Å². The van der Waals surface area contributed by atoms with Crippen LogP contribution in [0.25, 0.3) is 0 Å². The molecule has 2 atom stereocenters. The van der Waals surface area contributed by atoms with E-state index in [0.717, 1.165) is 32.2 Å². The van der Waals surface area contributed by atoms with Crippen LogP contribution in [-0.2, 0) is 19.1 Å². The molecule has 0 aromatic carbocycles. The van der Waals surface area contributed by atoms with Gasteiger partial charge in [-0.05, 0) is 25.7 Å². The summed E-state index contributed by atoms with van der Waals surface area (Å²) in [5, 5.41) is 0. The molecule has 2 heterocycles. The number of carbonyl (C=O) groups is 2. The Kier molecular flexibility index (Phi) is 2.94. The lowest BCUT2D eigenvalue weighted by Gasteiger charge is -2.37. The molecule has 3 fully saturated rings. The largest absolute Gasteiger partial charge is 0.347 e. The average Bonchev–Trinajstić information content (AvgIpc) is 2.90. The van der Waals surface area contributed by atoms with Crippen LogP contribution < -0.4 is 0 Å². The second-order valence-electron chi connectivity index (χ2n) is 5.90. The zero-order chi connectivity index (χ0) is 13.7. The van der Waals surface area contributed by atoms with E-state index in [1.165, 1.54) is 14.2 Å². The van der Waals surface area contributed by atoms with Gasteiger partial charge in [-0.15, -0.1) is 0 Å². The van der Waals surface area contributed by atoms with Crippen LogP contribution in [0.1, 0.15) is 38.5 Å². The topological polar surface area (TPSA) is 55.8 Å². The molecule has 5 heteroatoms. The summed E-state index contributed by atoms with van der Waals surface area (Å²) in [7, 11) is 3.04. The third kappa shape index (κ3) is 1.54. The van der Waals surface area contributed by atoms with Crippen molar-refractivity contribution in [2.24, 2.45) is 5.92 Å². The molecular formula is C14H21NO4. The van der Waals surface area contributed by atoms with Crippen molar-refractivity contribution in [1.82, 2.24) is 4.90 Å². The molecule has 3 aliphatic rings. The van der Waals surface area contributed by atoms with Crippen molar-refractivity contribution in [1.29, 1.82) is 0 Å². The smallest absolute Gasteiger partial charge is 0.231 e. The second-order valence-corrected chi connectivity index (χ2v) is 5.90. The number of rotatable bonds is 2. The van der Waals surface area contributed by atoms with Crippen molar-refractivity contribution in [2.45, 2.75) is 49.9 Å². The monoisotopic (exact) mass is 267 g/mol. The van der Waals surface area contributed by atoms with E-state index in [2.05, 4.69) is 0 Å². The number of ether oxygens (including phenoxy) is 2. The zero-order valence-electron chi connectivity index (χ0n) is 11.6. The summed E-state index contributed by atoms with van der Waals surface area (Å²) in [5.74, 6) is -1.05. The molecule has 3 rings (SSSR count). The van der Waals surface area contributed by atoms with Gasteiger partial charge in [0.25, 0.3) is 0 Å². The highest BCUT2D eigenvalue weighted by Crippen LogP contribution is 2.53. The van der Waals surface area contributed by atoms with Gasteiger partial charge in [0.1, 0.15) is 0 Å². The van der Waals surface area contributed by atoms with E-state index >= 15 is 0 Å². The third-order valence-electron chi connectivity index (χ3n) is 5.25. The number of hydrogen-bond donors (Lipinski definition) is 0. The molecule has 106 valence electrons. The lowest BCUT2D eigenvalue weighted by molar-refractivity contribution is -0.205. The van der Waals surface area contributed by atoms with Crippen molar-refractivity contribution in [2.75, 3.05) is 20.8 Å². The summed E-state index contributed by atoms with van der Waals surface area (Å²) in [4.78, 5) is 26.9. The van der Waals surface area contributed by atoms with Gasteiger partial charge in [0, 0.05) is 39.5 Å². The number of methoxy groups -OCH3 is 2. The maximum absolute atomic E-state index is 12.7. The number of carbonyl (C=O) groups excluding carboxylic acids is 2. The Balaban J connectivity index is 2.06. The van der Waals surface area contributed by atoms with Gasteiger partial charge in [-0.2, -0.15) is 0 Å². The molecule has 1 aliphatic carbocycles. The number of nitrogens with zero attached hydrogens (tertiary/aromatic N) is 1. The first-order valence-electron chi connectivity index (χ1n) is 7.05. The Labute approximate surface area is 113 Å². The molecule has 0 bridgehead atoms. The van der Waals surface area contributed by atoms with E-state index in [-0.39, 0.29) is 23.1 Å². The van der Waals surface area contributed by atoms with Gasteiger partial charge in [-0.25, -0.2) is 0 Å². The fourth-order valence-electron chi connectivity index (χ4n) is 4.36. The van der Waals surface area contributed by atoms with E-state index < -0.39 is 5.79 Å². The minimum absolute atomic E-state index is 0.0269. The quantitative estimate of drug-likeness (QED) is 0.703. The maximum atomic E-state index is 12.7. The minimum Gasteiger partial charge on any atom is -0.347 e. The fourth-order valence-corrected chi connectivity index (χ4v) is 4.36. The first kappa shape index (κ1) is 13.1. The Morgan fingerprint density at radius 2 is 1.95 bits per heavy atom. The highest BCUT2D eigenvalue weighted by atomic mass is 16.7.